The van der Waals surface area contributed by atoms with E-state index in [1.165, 1.54) is 24.3 Å². The van der Waals surface area contributed by atoms with Gasteiger partial charge in [-0.25, -0.2) is 0 Å². The fourth-order valence-electron chi connectivity index (χ4n) is 2.73. The van der Waals surface area contributed by atoms with E-state index in [0.717, 1.165) is 0 Å². The monoisotopic (exact) mass is 352 g/mol. The van der Waals surface area contributed by atoms with E-state index in [1.807, 2.05) is 0 Å². The predicted molar refractivity (Wildman–Crippen MR) is 79.6 cm³/mol. The van der Waals surface area contributed by atoms with E-state index in [0.29, 0.717) is 0 Å². The van der Waals surface area contributed by atoms with Crippen LogP contribution in [0.1, 0.15) is 20.7 Å². The molecular weight excluding hydrogens is 336 g/mol. The summed E-state index contributed by atoms with van der Waals surface area (Å²) in [6.45, 7) is -0.689. The van der Waals surface area contributed by atoms with Crippen LogP contribution in [0.5, 0.6) is 0 Å². The number of fused-ring (bicyclic) bond motifs is 1. The van der Waals surface area contributed by atoms with E-state index in [1.54, 1.807) is 0 Å². The molecule has 1 saturated heterocycles. The maximum atomic E-state index is 12.5. The third-order valence-corrected chi connectivity index (χ3v) is 4.14. The second kappa shape index (κ2) is 6.54. The van der Waals surface area contributed by atoms with E-state index in [-0.39, 0.29) is 11.1 Å². The maximum absolute atomic E-state index is 12.5. The zero-order valence-corrected chi connectivity index (χ0v) is 12.8. The number of hydrogen-bond acceptors (Lipinski definition) is 9. The molecule has 0 radical (unpaired) electrons. The van der Waals surface area contributed by atoms with E-state index in [9.17, 15) is 30.0 Å². The van der Waals surface area contributed by atoms with E-state index in [2.05, 4.69) is 0 Å². The minimum Gasteiger partial charge on any atom is -0.501 e. The molecule has 0 bridgehead atoms. The molecule has 0 aromatic heterocycles. The molecule has 9 heteroatoms. The highest BCUT2D eigenvalue weighted by atomic mass is 16.7. The van der Waals surface area contributed by atoms with Crippen molar-refractivity contribution < 1.29 is 44.6 Å². The Morgan fingerprint density at radius 1 is 0.960 bits per heavy atom. The normalized spacial score (nSPS) is 32.6. The van der Waals surface area contributed by atoms with Crippen LogP contribution in [0.3, 0.4) is 0 Å². The fourth-order valence-corrected chi connectivity index (χ4v) is 2.73. The van der Waals surface area contributed by atoms with Crippen molar-refractivity contribution in [1.29, 1.82) is 0 Å². The summed E-state index contributed by atoms with van der Waals surface area (Å²) in [4.78, 5) is 24.6. The molecule has 0 amide bonds. The van der Waals surface area contributed by atoms with E-state index >= 15 is 0 Å². The van der Waals surface area contributed by atoms with Gasteiger partial charge in [0.25, 0.3) is 0 Å². The SMILES string of the molecule is O=C1C(O)=C(O[C@@H]2O[C@@H](CO)[C@@H](O)[C@@H](O)[C@@H]2O)C(=O)c2ccccc21. The van der Waals surface area contributed by atoms with Gasteiger partial charge in [0.05, 0.1) is 6.61 Å². The first kappa shape index (κ1) is 17.5. The van der Waals surface area contributed by atoms with Crippen molar-refractivity contribution in [2.45, 2.75) is 30.7 Å². The Kier molecular flexibility index (Phi) is 4.58. The molecule has 1 aliphatic carbocycles. The molecule has 134 valence electrons. The molecule has 1 aromatic carbocycles. The standard InChI is InChI=1S/C16H16O9/c17-5-8-11(20)12(21)14(23)16(24-8)25-15-10(19)7-4-2-1-3-6(7)9(18)13(15)22/h1-4,8,11-12,14,16-17,20-23H,5H2/t8-,11+,12+,14-,16-/m0/s1. The van der Waals surface area contributed by atoms with Crippen LogP contribution in [-0.4, -0.2) is 74.4 Å². The Labute approximate surface area is 141 Å². The second-order valence-corrected chi connectivity index (χ2v) is 5.70. The zero-order chi connectivity index (χ0) is 18.3. The quantitative estimate of drug-likeness (QED) is 0.444. The zero-order valence-electron chi connectivity index (χ0n) is 12.8. The minimum absolute atomic E-state index is 0.00453. The van der Waals surface area contributed by atoms with Gasteiger partial charge in [0, 0.05) is 11.1 Å². The molecule has 25 heavy (non-hydrogen) atoms. The number of carbonyl (C=O) groups excluding carboxylic acids is 2. The fraction of sp³-hybridized carbons (Fsp3) is 0.375. The van der Waals surface area contributed by atoms with Crippen LogP contribution >= 0.6 is 0 Å². The average molecular weight is 352 g/mol. The topological polar surface area (TPSA) is 154 Å². The van der Waals surface area contributed by atoms with Gasteiger partial charge >= 0.3 is 0 Å². The highest BCUT2D eigenvalue weighted by molar-refractivity contribution is 6.25. The molecule has 9 nitrogen and oxygen atoms in total. The highest BCUT2D eigenvalue weighted by Gasteiger charge is 2.46. The number of aliphatic hydroxyl groups is 5. The van der Waals surface area contributed by atoms with Gasteiger partial charge in [-0.1, -0.05) is 24.3 Å². The summed E-state index contributed by atoms with van der Waals surface area (Å²) in [6, 6.07) is 5.80. The Morgan fingerprint density at radius 3 is 2.16 bits per heavy atom. The van der Waals surface area contributed by atoms with Crippen LogP contribution in [0.15, 0.2) is 35.8 Å². The summed E-state index contributed by atoms with van der Waals surface area (Å²) < 4.78 is 10.3. The first-order valence-electron chi connectivity index (χ1n) is 7.45. The van der Waals surface area contributed by atoms with Crippen molar-refractivity contribution in [3.8, 4) is 0 Å². The lowest BCUT2D eigenvalue weighted by Gasteiger charge is -2.39. The lowest BCUT2D eigenvalue weighted by atomic mass is 9.92. The molecule has 5 atom stereocenters. The molecule has 0 spiro atoms. The van der Waals surface area contributed by atoms with Crippen LogP contribution < -0.4 is 0 Å². The number of hydrogen-bond donors (Lipinski definition) is 5. The van der Waals surface area contributed by atoms with E-state index in [4.69, 9.17) is 14.6 Å². The molecule has 5 N–H and O–H groups in total. The highest BCUT2D eigenvalue weighted by Crippen LogP contribution is 2.30. The molecule has 0 saturated carbocycles. The summed E-state index contributed by atoms with van der Waals surface area (Å²) in [5.74, 6) is -3.34. The van der Waals surface area contributed by atoms with Crippen molar-refractivity contribution in [2.24, 2.45) is 0 Å². The average Bonchev–Trinajstić information content (AvgIpc) is 2.63. The molecule has 1 aliphatic heterocycles. The van der Waals surface area contributed by atoms with Gasteiger partial charge in [-0.15, -0.1) is 0 Å². The van der Waals surface area contributed by atoms with Crippen LogP contribution in [0.4, 0.5) is 0 Å². The van der Waals surface area contributed by atoms with Gasteiger partial charge in [-0.2, -0.15) is 0 Å². The third-order valence-electron chi connectivity index (χ3n) is 4.14. The lowest BCUT2D eigenvalue weighted by Crippen LogP contribution is -2.59. The number of ether oxygens (including phenoxy) is 2. The number of aliphatic hydroxyl groups excluding tert-OH is 5. The predicted octanol–water partition coefficient (Wildman–Crippen LogP) is -1.35. The second-order valence-electron chi connectivity index (χ2n) is 5.70. The molecule has 2 aliphatic rings. The smallest absolute Gasteiger partial charge is 0.232 e. The van der Waals surface area contributed by atoms with Crippen molar-refractivity contribution in [2.75, 3.05) is 6.61 Å². The van der Waals surface area contributed by atoms with Gasteiger partial charge in [-0.3, -0.25) is 9.59 Å². The largest absolute Gasteiger partial charge is 0.501 e. The van der Waals surface area contributed by atoms with Gasteiger partial charge < -0.3 is 35.0 Å². The van der Waals surface area contributed by atoms with Crippen molar-refractivity contribution in [3.63, 3.8) is 0 Å². The summed E-state index contributed by atoms with van der Waals surface area (Å²) in [5.41, 5.74) is 0.0102. The molecule has 1 heterocycles. The Balaban J connectivity index is 1.91. The third kappa shape index (κ3) is 2.81. The first-order chi connectivity index (χ1) is 11.9. The van der Waals surface area contributed by atoms with Gasteiger partial charge in [-0.05, 0) is 0 Å². The number of rotatable bonds is 3. The lowest BCUT2D eigenvalue weighted by molar-refractivity contribution is -0.290. The van der Waals surface area contributed by atoms with Crippen LogP contribution in [-0.2, 0) is 9.47 Å². The maximum Gasteiger partial charge on any atom is 0.232 e. The van der Waals surface area contributed by atoms with Crippen molar-refractivity contribution in [3.05, 3.63) is 46.9 Å². The van der Waals surface area contributed by atoms with Gasteiger partial charge in [0.2, 0.25) is 29.4 Å². The van der Waals surface area contributed by atoms with Crippen LogP contribution in [0.25, 0.3) is 0 Å². The Hall–Kier alpha value is -2.30. The first-order valence-corrected chi connectivity index (χ1v) is 7.45. The van der Waals surface area contributed by atoms with Crippen molar-refractivity contribution >= 4 is 11.6 Å². The Bertz CT molecular complexity index is 739. The summed E-state index contributed by atoms with van der Waals surface area (Å²) >= 11 is 0. The molecule has 1 fully saturated rings. The van der Waals surface area contributed by atoms with Crippen LogP contribution in [0.2, 0.25) is 0 Å². The Morgan fingerprint density at radius 2 is 1.56 bits per heavy atom. The number of ketones is 2. The van der Waals surface area contributed by atoms with Crippen molar-refractivity contribution in [1.82, 2.24) is 0 Å². The summed E-state index contributed by atoms with van der Waals surface area (Å²) in [5, 5.41) is 48.6. The number of Topliss-reactive ketones (excluding diaryl/α,β-unsaturated/α-hetero) is 2. The number of benzene rings is 1. The summed E-state index contributed by atoms with van der Waals surface area (Å²) in [6.07, 6.45) is -8.05. The summed E-state index contributed by atoms with van der Waals surface area (Å²) in [7, 11) is 0. The van der Waals surface area contributed by atoms with Crippen LogP contribution in [0, 0.1) is 0 Å². The molecule has 0 unspecified atom stereocenters. The van der Waals surface area contributed by atoms with E-state index < -0.39 is 60.4 Å². The minimum atomic E-state index is -1.78. The van der Waals surface area contributed by atoms with Gasteiger partial charge in [0.1, 0.15) is 24.4 Å². The molecule has 1 aromatic rings. The van der Waals surface area contributed by atoms with Gasteiger partial charge in [0.15, 0.2) is 0 Å². The molecule has 3 rings (SSSR count). The number of allylic oxidation sites excluding steroid dienone is 2. The molecular formula is C16H16O9. The number of carbonyl (C=O) groups is 2.